The van der Waals surface area contributed by atoms with Gasteiger partial charge in [0.1, 0.15) is 11.3 Å². The number of carbonyl (C=O) groups is 1. The molecule has 1 amide bonds. The summed E-state index contributed by atoms with van der Waals surface area (Å²) in [5.74, 6) is -0.276. The molecular formula is C21H20FN3O2. The average Bonchev–Trinajstić information content (AvgIpc) is 2.68. The van der Waals surface area contributed by atoms with Gasteiger partial charge in [-0.2, -0.15) is 0 Å². The number of nitrogens with zero attached hydrogens (tertiary/aromatic N) is 2. The van der Waals surface area contributed by atoms with Crippen LogP contribution in [0.5, 0.6) is 0 Å². The fourth-order valence-corrected chi connectivity index (χ4v) is 3.73. The highest BCUT2D eigenvalue weighted by Crippen LogP contribution is 2.26. The second-order valence-electron chi connectivity index (χ2n) is 6.98. The van der Waals surface area contributed by atoms with Gasteiger partial charge in [0.05, 0.1) is 6.42 Å². The van der Waals surface area contributed by atoms with Crippen molar-refractivity contribution in [2.24, 2.45) is 0 Å². The summed E-state index contributed by atoms with van der Waals surface area (Å²) in [7, 11) is 0. The molecular weight excluding hydrogens is 345 g/mol. The van der Waals surface area contributed by atoms with Crippen LogP contribution in [0.25, 0.3) is 10.9 Å². The average molecular weight is 365 g/mol. The van der Waals surface area contributed by atoms with Gasteiger partial charge in [-0.05, 0) is 42.7 Å². The second kappa shape index (κ2) is 7.31. The lowest BCUT2D eigenvalue weighted by Crippen LogP contribution is -2.40. The molecule has 0 bridgehead atoms. The largest absolute Gasteiger partial charge is 0.342 e. The number of hydrogen-bond acceptors (Lipinski definition) is 3. The van der Waals surface area contributed by atoms with E-state index in [0.717, 1.165) is 23.9 Å². The van der Waals surface area contributed by atoms with Gasteiger partial charge in [-0.3, -0.25) is 14.6 Å². The number of aromatic nitrogens is 2. The molecule has 5 nitrogen and oxygen atoms in total. The van der Waals surface area contributed by atoms with Crippen molar-refractivity contribution < 1.29 is 9.18 Å². The van der Waals surface area contributed by atoms with Crippen LogP contribution in [0.3, 0.4) is 0 Å². The Morgan fingerprint density at radius 1 is 1.26 bits per heavy atom. The number of benzene rings is 1. The Kier molecular flexibility index (Phi) is 4.71. The first kappa shape index (κ1) is 17.4. The van der Waals surface area contributed by atoms with E-state index < -0.39 is 0 Å². The van der Waals surface area contributed by atoms with Crippen LogP contribution in [0.4, 0.5) is 4.39 Å². The van der Waals surface area contributed by atoms with E-state index in [2.05, 4.69) is 9.97 Å². The summed E-state index contributed by atoms with van der Waals surface area (Å²) < 4.78 is 13.3. The van der Waals surface area contributed by atoms with Gasteiger partial charge in [0, 0.05) is 36.3 Å². The highest BCUT2D eigenvalue weighted by molar-refractivity contribution is 5.79. The van der Waals surface area contributed by atoms with E-state index in [1.54, 1.807) is 24.4 Å². The number of amides is 1. The lowest BCUT2D eigenvalue weighted by molar-refractivity contribution is -0.131. The third-order valence-corrected chi connectivity index (χ3v) is 5.08. The number of aromatic amines is 1. The molecule has 1 atom stereocenters. The maximum absolute atomic E-state index is 13.3. The van der Waals surface area contributed by atoms with E-state index in [4.69, 9.17) is 0 Å². The molecule has 0 saturated carbocycles. The van der Waals surface area contributed by atoms with Gasteiger partial charge in [0.2, 0.25) is 5.91 Å². The van der Waals surface area contributed by atoms with Gasteiger partial charge < -0.3 is 9.88 Å². The summed E-state index contributed by atoms with van der Waals surface area (Å²) in [4.78, 5) is 33.8. The molecule has 27 heavy (non-hydrogen) atoms. The number of nitrogens with one attached hydrogen (secondary N) is 1. The van der Waals surface area contributed by atoms with Crippen LogP contribution in [0.2, 0.25) is 0 Å². The topological polar surface area (TPSA) is 66.1 Å². The second-order valence-corrected chi connectivity index (χ2v) is 6.98. The smallest absolute Gasteiger partial charge is 0.274 e. The van der Waals surface area contributed by atoms with Gasteiger partial charge in [-0.25, -0.2) is 4.39 Å². The van der Waals surface area contributed by atoms with E-state index in [9.17, 15) is 14.0 Å². The van der Waals surface area contributed by atoms with E-state index in [1.165, 1.54) is 12.1 Å². The highest BCUT2D eigenvalue weighted by Gasteiger charge is 2.25. The maximum Gasteiger partial charge on any atom is 0.274 e. The first-order valence-corrected chi connectivity index (χ1v) is 9.10. The molecule has 0 spiro atoms. The molecule has 0 unspecified atom stereocenters. The normalized spacial score (nSPS) is 17.2. The van der Waals surface area contributed by atoms with Crippen molar-refractivity contribution in [2.75, 3.05) is 13.1 Å². The maximum atomic E-state index is 13.3. The van der Waals surface area contributed by atoms with Crippen LogP contribution in [0, 0.1) is 5.82 Å². The summed E-state index contributed by atoms with van der Waals surface area (Å²) in [6.07, 6.45) is 3.56. The van der Waals surface area contributed by atoms with Gasteiger partial charge in [0.15, 0.2) is 0 Å². The summed E-state index contributed by atoms with van der Waals surface area (Å²) in [6, 6.07) is 11.8. The highest BCUT2D eigenvalue weighted by atomic mass is 19.1. The Bertz CT molecular complexity index is 1050. The first-order chi connectivity index (χ1) is 13.1. The summed E-state index contributed by atoms with van der Waals surface area (Å²) in [5, 5.41) is 0.805. The Labute approximate surface area is 155 Å². The van der Waals surface area contributed by atoms with E-state index >= 15 is 0 Å². The SMILES string of the molecule is O=C(Cc1cccc(F)c1)N1CCC[C@@H](c2cc3cccnc3c(=O)[nH]2)C1. The first-order valence-electron chi connectivity index (χ1n) is 9.10. The van der Waals surface area contributed by atoms with E-state index in [0.29, 0.717) is 24.2 Å². The molecule has 1 N–H and O–H groups in total. The number of piperidine rings is 1. The zero-order valence-corrected chi connectivity index (χ0v) is 14.8. The van der Waals surface area contributed by atoms with Gasteiger partial charge in [-0.15, -0.1) is 0 Å². The van der Waals surface area contributed by atoms with Gasteiger partial charge in [0.25, 0.3) is 5.56 Å². The standard InChI is InChI=1S/C21H20FN3O2/c22-17-7-1-4-14(10-17)11-19(26)25-9-3-6-16(13-25)18-12-15-5-2-8-23-20(15)21(27)24-18/h1-2,4-5,7-8,10,12,16H,3,6,9,11,13H2,(H,24,27)/t16-/m1/s1. The number of halogens is 1. The summed E-state index contributed by atoms with van der Waals surface area (Å²) in [5.41, 5.74) is 1.73. The minimum atomic E-state index is -0.334. The van der Waals surface area contributed by atoms with E-state index in [-0.39, 0.29) is 29.6 Å². The van der Waals surface area contributed by atoms with Gasteiger partial charge in [-0.1, -0.05) is 18.2 Å². The van der Waals surface area contributed by atoms with Crippen molar-refractivity contribution in [3.8, 4) is 0 Å². The molecule has 1 fully saturated rings. The number of hydrogen-bond donors (Lipinski definition) is 1. The Morgan fingerprint density at radius 3 is 3.00 bits per heavy atom. The summed E-state index contributed by atoms with van der Waals surface area (Å²) in [6.45, 7) is 1.24. The number of fused-ring (bicyclic) bond motifs is 1. The summed E-state index contributed by atoms with van der Waals surface area (Å²) >= 11 is 0. The van der Waals surface area contributed by atoms with Crippen molar-refractivity contribution in [3.05, 3.63) is 76.1 Å². The van der Waals surface area contributed by atoms with Crippen molar-refractivity contribution >= 4 is 16.8 Å². The monoisotopic (exact) mass is 365 g/mol. The third kappa shape index (κ3) is 3.74. The van der Waals surface area contributed by atoms with Crippen molar-refractivity contribution in [2.45, 2.75) is 25.2 Å². The number of rotatable bonds is 3. The Hall–Kier alpha value is -3.02. The molecule has 0 aliphatic carbocycles. The van der Waals surface area contributed by atoms with Crippen LogP contribution in [0.1, 0.15) is 30.0 Å². The molecule has 3 aromatic rings. The van der Waals surface area contributed by atoms with E-state index in [1.807, 2.05) is 17.0 Å². The lowest BCUT2D eigenvalue weighted by Gasteiger charge is -2.33. The number of carbonyl (C=O) groups excluding carboxylic acids is 1. The minimum Gasteiger partial charge on any atom is -0.342 e. The fourth-order valence-electron chi connectivity index (χ4n) is 3.73. The van der Waals surface area contributed by atoms with Crippen LogP contribution < -0.4 is 5.56 Å². The van der Waals surface area contributed by atoms with Crippen LogP contribution in [-0.2, 0) is 11.2 Å². The lowest BCUT2D eigenvalue weighted by atomic mass is 9.93. The van der Waals surface area contributed by atoms with Crippen molar-refractivity contribution in [1.82, 2.24) is 14.9 Å². The molecule has 2 aromatic heterocycles. The Balaban J connectivity index is 1.52. The van der Waals surface area contributed by atoms with Crippen molar-refractivity contribution in [3.63, 3.8) is 0 Å². The molecule has 1 aliphatic rings. The predicted octanol–water partition coefficient (Wildman–Crippen LogP) is 3.01. The zero-order valence-electron chi connectivity index (χ0n) is 14.8. The molecule has 4 rings (SSSR count). The third-order valence-electron chi connectivity index (χ3n) is 5.08. The fraction of sp³-hybridized carbons (Fsp3) is 0.286. The van der Waals surface area contributed by atoms with Gasteiger partial charge >= 0.3 is 0 Å². The van der Waals surface area contributed by atoms with Crippen molar-refractivity contribution in [1.29, 1.82) is 0 Å². The van der Waals surface area contributed by atoms with Crippen LogP contribution >= 0.6 is 0 Å². The molecule has 138 valence electrons. The molecule has 0 radical (unpaired) electrons. The zero-order chi connectivity index (χ0) is 18.8. The Morgan fingerprint density at radius 2 is 2.15 bits per heavy atom. The van der Waals surface area contributed by atoms with Crippen LogP contribution in [-0.4, -0.2) is 33.9 Å². The van der Waals surface area contributed by atoms with Crippen LogP contribution in [0.15, 0.2) is 53.5 Å². The molecule has 1 aromatic carbocycles. The molecule has 6 heteroatoms. The quantitative estimate of drug-likeness (QED) is 0.776. The molecule has 3 heterocycles. The number of H-pyrrole nitrogens is 1. The minimum absolute atomic E-state index is 0.0184. The molecule has 1 aliphatic heterocycles. The predicted molar refractivity (Wildman–Crippen MR) is 101 cm³/mol. The number of pyridine rings is 2. The number of likely N-dealkylation sites (tertiary alicyclic amines) is 1. The molecule has 1 saturated heterocycles.